The number of ether oxygens (including phenoxy) is 1. The van der Waals surface area contributed by atoms with E-state index in [1.807, 2.05) is 13.8 Å². The zero-order valence-electron chi connectivity index (χ0n) is 9.75. The van der Waals surface area contributed by atoms with E-state index in [9.17, 15) is 4.79 Å². The van der Waals surface area contributed by atoms with Crippen LogP contribution in [0.4, 0.5) is 0 Å². The second-order valence-electron chi connectivity index (χ2n) is 3.59. The molecule has 5 heteroatoms. The first-order valence-corrected chi connectivity index (χ1v) is 5.26. The third-order valence-electron chi connectivity index (χ3n) is 2.09. The SMILES string of the molecule is CCC(CO)NCC(=O)NC(C)COC. The Morgan fingerprint density at radius 1 is 1.53 bits per heavy atom. The summed E-state index contributed by atoms with van der Waals surface area (Å²) in [4.78, 5) is 11.4. The summed E-state index contributed by atoms with van der Waals surface area (Å²) in [6.45, 7) is 4.62. The number of methoxy groups -OCH3 is 1. The number of hydrogen-bond acceptors (Lipinski definition) is 4. The maximum Gasteiger partial charge on any atom is 0.234 e. The highest BCUT2D eigenvalue weighted by Gasteiger charge is 2.09. The van der Waals surface area contributed by atoms with Crippen molar-refractivity contribution in [3.8, 4) is 0 Å². The van der Waals surface area contributed by atoms with Gasteiger partial charge >= 0.3 is 0 Å². The number of nitrogens with one attached hydrogen (secondary N) is 2. The van der Waals surface area contributed by atoms with Gasteiger partial charge in [-0.15, -0.1) is 0 Å². The van der Waals surface area contributed by atoms with Crippen molar-refractivity contribution in [3.05, 3.63) is 0 Å². The lowest BCUT2D eigenvalue weighted by molar-refractivity contribution is -0.121. The van der Waals surface area contributed by atoms with Crippen LogP contribution < -0.4 is 10.6 Å². The second kappa shape index (κ2) is 8.64. The van der Waals surface area contributed by atoms with Crippen LogP contribution in [0.5, 0.6) is 0 Å². The van der Waals surface area contributed by atoms with Gasteiger partial charge in [-0.3, -0.25) is 4.79 Å². The molecule has 0 radical (unpaired) electrons. The number of rotatable bonds is 8. The number of hydrogen-bond donors (Lipinski definition) is 3. The van der Waals surface area contributed by atoms with Crippen LogP contribution in [0.15, 0.2) is 0 Å². The molecule has 0 saturated heterocycles. The van der Waals surface area contributed by atoms with E-state index in [4.69, 9.17) is 9.84 Å². The van der Waals surface area contributed by atoms with Gasteiger partial charge < -0.3 is 20.5 Å². The Hall–Kier alpha value is -0.650. The Morgan fingerprint density at radius 2 is 2.20 bits per heavy atom. The van der Waals surface area contributed by atoms with Crippen molar-refractivity contribution in [3.63, 3.8) is 0 Å². The molecule has 2 atom stereocenters. The summed E-state index contributed by atoms with van der Waals surface area (Å²) in [6.07, 6.45) is 0.803. The molecule has 0 bridgehead atoms. The molecule has 0 fully saturated rings. The molecular formula is C10H22N2O3. The summed E-state index contributed by atoms with van der Waals surface area (Å²) in [5, 5.41) is 14.6. The Kier molecular flexibility index (Phi) is 8.27. The average Bonchev–Trinajstić information content (AvgIpc) is 2.19. The molecule has 0 aromatic rings. The second-order valence-corrected chi connectivity index (χ2v) is 3.59. The zero-order chi connectivity index (χ0) is 11.7. The van der Waals surface area contributed by atoms with Crippen molar-refractivity contribution >= 4 is 5.91 Å². The molecule has 0 spiro atoms. The number of aliphatic hydroxyl groups is 1. The van der Waals surface area contributed by atoms with Crippen molar-refractivity contribution in [1.82, 2.24) is 10.6 Å². The van der Waals surface area contributed by atoms with Gasteiger partial charge in [-0.25, -0.2) is 0 Å². The quantitative estimate of drug-likeness (QED) is 0.513. The van der Waals surface area contributed by atoms with E-state index >= 15 is 0 Å². The highest BCUT2D eigenvalue weighted by Crippen LogP contribution is 1.88. The molecule has 15 heavy (non-hydrogen) atoms. The molecule has 2 unspecified atom stereocenters. The first-order chi connectivity index (χ1) is 7.13. The largest absolute Gasteiger partial charge is 0.395 e. The van der Waals surface area contributed by atoms with E-state index in [2.05, 4.69) is 10.6 Å². The van der Waals surface area contributed by atoms with Crippen LogP contribution in [0.1, 0.15) is 20.3 Å². The molecule has 3 N–H and O–H groups in total. The van der Waals surface area contributed by atoms with Gasteiger partial charge in [-0.2, -0.15) is 0 Å². The molecule has 0 aromatic carbocycles. The van der Waals surface area contributed by atoms with E-state index in [0.717, 1.165) is 6.42 Å². The number of amides is 1. The van der Waals surface area contributed by atoms with E-state index in [-0.39, 0.29) is 31.1 Å². The fraction of sp³-hybridized carbons (Fsp3) is 0.900. The number of aliphatic hydroxyl groups excluding tert-OH is 1. The summed E-state index contributed by atoms with van der Waals surface area (Å²) in [7, 11) is 1.60. The fourth-order valence-electron chi connectivity index (χ4n) is 1.19. The minimum Gasteiger partial charge on any atom is -0.395 e. The molecule has 0 rings (SSSR count). The van der Waals surface area contributed by atoms with Crippen LogP contribution >= 0.6 is 0 Å². The highest BCUT2D eigenvalue weighted by atomic mass is 16.5. The monoisotopic (exact) mass is 218 g/mol. The lowest BCUT2D eigenvalue weighted by Crippen LogP contribution is -2.44. The third kappa shape index (κ3) is 7.30. The number of carbonyl (C=O) groups is 1. The summed E-state index contributed by atoms with van der Waals surface area (Å²) in [6, 6.07) is 0.00647. The molecule has 0 aromatic heterocycles. The molecule has 0 saturated carbocycles. The van der Waals surface area contributed by atoms with E-state index < -0.39 is 0 Å². The van der Waals surface area contributed by atoms with Crippen molar-refractivity contribution < 1.29 is 14.6 Å². The van der Waals surface area contributed by atoms with Crippen molar-refractivity contribution in [1.29, 1.82) is 0 Å². The summed E-state index contributed by atoms with van der Waals surface area (Å²) < 4.78 is 4.90. The smallest absolute Gasteiger partial charge is 0.234 e. The van der Waals surface area contributed by atoms with Gasteiger partial charge in [0.1, 0.15) is 0 Å². The van der Waals surface area contributed by atoms with Gasteiger partial charge in [0.25, 0.3) is 0 Å². The number of carbonyl (C=O) groups excluding carboxylic acids is 1. The van der Waals surface area contributed by atoms with Gasteiger partial charge in [0, 0.05) is 19.2 Å². The standard InChI is InChI=1S/C10H22N2O3/c1-4-9(6-13)11-5-10(14)12-8(2)7-15-3/h8-9,11,13H,4-7H2,1-3H3,(H,12,14). The molecule has 5 nitrogen and oxygen atoms in total. The molecule has 0 aliphatic carbocycles. The van der Waals surface area contributed by atoms with Crippen LogP contribution in [-0.2, 0) is 9.53 Å². The van der Waals surface area contributed by atoms with Gasteiger partial charge in [0.2, 0.25) is 5.91 Å². The maximum atomic E-state index is 11.4. The topological polar surface area (TPSA) is 70.6 Å². The van der Waals surface area contributed by atoms with E-state index in [1.165, 1.54) is 0 Å². The molecule has 0 aliphatic heterocycles. The van der Waals surface area contributed by atoms with E-state index in [0.29, 0.717) is 6.61 Å². The zero-order valence-corrected chi connectivity index (χ0v) is 9.75. The third-order valence-corrected chi connectivity index (χ3v) is 2.09. The molecule has 0 aliphatic rings. The summed E-state index contributed by atoms with van der Waals surface area (Å²) in [5.74, 6) is -0.0774. The lowest BCUT2D eigenvalue weighted by Gasteiger charge is -2.16. The van der Waals surface area contributed by atoms with Gasteiger partial charge in [-0.1, -0.05) is 6.92 Å². The normalized spacial score (nSPS) is 14.7. The minimum atomic E-state index is -0.0774. The first kappa shape index (κ1) is 14.3. The van der Waals surface area contributed by atoms with Crippen molar-refractivity contribution in [2.45, 2.75) is 32.4 Å². The fourth-order valence-corrected chi connectivity index (χ4v) is 1.19. The van der Waals surface area contributed by atoms with Crippen LogP contribution in [0, 0.1) is 0 Å². The summed E-state index contributed by atoms with van der Waals surface area (Å²) in [5.41, 5.74) is 0. The molecule has 1 amide bonds. The molecular weight excluding hydrogens is 196 g/mol. The summed E-state index contributed by atoms with van der Waals surface area (Å²) >= 11 is 0. The lowest BCUT2D eigenvalue weighted by atomic mass is 10.2. The minimum absolute atomic E-state index is 0.00604. The van der Waals surface area contributed by atoms with Gasteiger partial charge in [-0.05, 0) is 13.3 Å². The van der Waals surface area contributed by atoms with Crippen LogP contribution in [0.25, 0.3) is 0 Å². The Morgan fingerprint density at radius 3 is 2.67 bits per heavy atom. The first-order valence-electron chi connectivity index (χ1n) is 5.26. The maximum absolute atomic E-state index is 11.4. The molecule has 90 valence electrons. The Labute approximate surface area is 91.2 Å². The Bertz CT molecular complexity index is 172. The van der Waals surface area contributed by atoms with Gasteiger partial charge in [0.05, 0.1) is 19.8 Å². The van der Waals surface area contributed by atoms with Gasteiger partial charge in [0.15, 0.2) is 0 Å². The van der Waals surface area contributed by atoms with Crippen LogP contribution in [0.3, 0.4) is 0 Å². The Balaban J connectivity index is 3.64. The van der Waals surface area contributed by atoms with Crippen molar-refractivity contribution in [2.75, 3.05) is 26.9 Å². The highest BCUT2D eigenvalue weighted by molar-refractivity contribution is 5.78. The molecule has 0 heterocycles. The predicted molar refractivity (Wildman–Crippen MR) is 58.6 cm³/mol. The average molecular weight is 218 g/mol. The van der Waals surface area contributed by atoms with Crippen LogP contribution in [-0.4, -0.2) is 50.0 Å². The van der Waals surface area contributed by atoms with Crippen molar-refractivity contribution in [2.24, 2.45) is 0 Å². The van der Waals surface area contributed by atoms with E-state index in [1.54, 1.807) is 7.11 Å². The predicted octanol–water partition coefficient (Wildman–Crippen LogP) is -0.502. The van der Waals surface area contributed by atoms with Crippen LogP contribution in [0.2, 0.25) is 0 Å².